The van der Waals surface area contributed by atoms with Gasteiger partial charge in [-0.2, -0.15) is 13.2 Å². The number of carbonyl (C=O) groups excluding carboxylic acids is 2. The summed E-state index contributed by atoms with van der Waals surface area (Å²) < 4.78 is 37.8. The van der Waals surface area contributed by atoms with Crippen LogP contribution in [0.25, 0.3) is 0 Å². The van der Waals surface area contributed by atoms with Gasteiger partial charge in [-0.3, -0.25) is 9.59 Å². The number of hydrogen-bond acceptors (Lipinski definition) is 2. The van der Waals surface area contributed by atoms with Gasteiger partial charge in [0, 0.05) is 30.1 Å². The molecule has 1 aliphatic heterocycles. The van der Waals surface area contributed by atoms with Gasteiger partial charge in [0.2, 0.25) is 0 Å². The first-order chi connectivity index (χ1) is 12.4. The van der Waals surface area contributed by atoms with E-state index in [9.17, 15) is 22.8 Å². The largest absolute Gasteiger partial charge is 0.416 e. The van der Waals surface area contributed by atoms with Crippen molar-refractivity contribution < 1.29 is 22.8 Å². The molecule has 2 aromatic carbocycles. The topological polar surface area (TPSA) is 37.4 Å². The molecule has 1 fully saturated rings. The summed E-state index contributed by atoms with van der Waals surface area (Å²) in [6, 6.07) is 13.3. The summed E-state index contributed by atoms with van der Waals surface area (Å²) in [5, 5.41) is 0. The van der Waals surface area contributed by atoms with Gasteiger partial charge in [-0.15, -0.1) is 0 Å². The van der Waals surface area contributed by atoms with Crippen molar-refractivity contribution in [3.63, 3.8) is 0 Å². The van der Waals surface area contributed by atoms with E-state index in [0.717, 1.165) is 12.1 Å². The van der Waals surface area contributed by atoms with Crippen molar-refractivity contribution in [1.82, 2.24) is 4.90 Å². The molecular weight excluding hydrogens is 343 g/mol. The monoisotopic (exact) mass is 361 g/mol. The highest BCUT2D eigenvalue weighted by molar-refractivity contribution is 5.98. The van der Waals surface area contributed by atoms with Crippen LogP contribution in [-0.2, 0) is 6.18 Å². The van der Waals surface area contributed by atoms with Crippen molar-refractivity contribution in [2.75, 3.05) is 13.1 Å². The molecule has 0 saturated carbocycles. The van der Waals surface area contributed by atoms with Gasteiger partial charge in [0.15, 0.2) is 5.78 Å². The van der Waals surface area contributed by atoms with Gasteiger partial charge in [0.1, 0.15) is 0 Å². The van der Waals surface area contributed by atoms with Gasteiger partial charge >= 0.3 is 6.18 Å². The number of nitrogens with zero attached hydrogens (tertiary/aromatic N) is 1. The second-order valence-electron chi connectivity index (χ2n) is 6.37. The second-order valence-corrected chi connectivity index (χ2v) is 6.37. The number of likely N-dealkylation sites (tertiary alicyclic amines) is 1. The third-order valence-corrected chi connectivity index (χ3v) is 4.67. The maximum atomic E-state index is 12.6. The molecule has 0 atom stereocenters. The van der Waals surface area contributed by atoms with Crippen molar-refractivity contribution in [2.24, 2.45) is 5.92 Å². The molecule has 26 heavy (non-hydrogen) atoms. The quantitative estimate of drug-likeness (QED) is 0.758. The van der Waals surface area contributed by atoms with Gasteiger partial charge in [-0.1, -0.05) is 30.3 Å². The second kappa shape index (κ2) is 7.32. The average molecular weight is 361 g/mol. The first-order valence-electron chi connectivity index (χ1n) is 8.42. The summed E-state index contributed by atoms with van der Waals surface area (Å²) in [5.41, 5.74) is 0.118. The van der Waals surface area contributed by atoms with E-state index in [2.05, 4.69) is 0 Å². The molecule has 1 saturated heterocycles. The van der Waals surface area contributed by atoms with Crippen LogP contribution in [0.15, 0.2) is 54.6 Å². The molecule has 1 aliphatic rings. The van der Waals surface area contributed by atoms with E-state index in [4.69, 9.17) is 0 Å². The number of rotatable bonds is 3. The van der Waals surface area contributed by atoms with Crippen LogP contribution in [-0.4, -0.2) is 29.7 Å². The zero-order valence-electron chi connectivity index (χ0n) is 14.0. The molecule has 0 radical (unpaired) electrons. The zero-order valence-corrected chi connectivity index (χ0v) is 14.0. The molecule has 0 aliphatic carbocycles. The summed E-state index contributed by atoms with van der Waals surface area (Å²) in [6.45, 7) is 0.839. The molecule has 0 spiro atoms. The highest BCUT2D eigenvalue weighted by atomic mass is 19.4. The van der Waals surface area contributed by atoms with Crippen molar-refractivity contribution in [1.29, 1.82) is 0 Å². The first kappa shape index (κ1) is 18.2. The third-order valence-electron chi connectivity index (χ3n) is 4.67. The molecule has 1 amide bonds. The van der Waals surface area contributed by atoms with E-state index in [-0.39, 0.29) is 23.2 Å². The Morgan fingerprint density at radius 3 is 1.96 bits per heavy atom. The van der Waals surface area contributed by atoms with Crippen molar-refractivity contribution in [3.05, 3.63) is 71.3 Å². The predicted octanol–water partition coefficient (Wildman–Crippen LogP) is 4.44. The Balaban J connectivity index is 1.61. The Labute approximate surface area is 149 Å². The van der Waals surface area contributed by atoms with Crippen LogP contribution in [0.5, 0.6) is 0 Å². The Hall–Kier alpha value is -2.63. The van der Waals surface area contributed by atoms with Gasteiger partial charge in [-0.05, 0) is 37.1 Å². The van der Waals surface area contributed by atoms with E-state index in [1.54, 1.807) is 17.0 Å². The third kappa shape index (κ3) is 3.95. The number of piperidine rings is 1. The Kier molecular flexibility index (Phi) is 5.11. The summed E-state index contributed by atoms with van der Waals surface area (Å²) in [5.74, 6) is -0.356. The van der Waals surface area contributed by atoms with Crippen LogP contribution < -0.4 is 0 Å². The van der Waals surface area contributed by atoms with Crippen LogP contribution in [0, 0.1) is 5.92 Å². The smallest absolute Gasteiger partial charge is 0.339 e. The number of amides is 1. The number of halogens is 3. The lowest BCUT2D eigenvalue weighted by atomic mass is 9.88. The minimum atomic E-state index is -4.42. The van der Waals surface area contributed by atoms with E-state index in [1.165, 1.54) is 12.1 Å². The van der Waals surface area contributed by atoms with Crippen LogP contribution in [0.4, 0.5) is 13.2 Å². The highest BCUT2D eigenvalue weighted by Gasteiger charge is 2.31. The Bertz CT molecular complexity index is 777. The van der Waals surface area contributed by atoms with Crippen LogP contribution in [0.2, 0.25) is 0 Å². The summed E-state index contributed by atoms with van der Waals surface area (Å²) in [4.78, 5) is 26.5. The fourth-order valence-corrected chi connectivity index (χ4v) is 3.17. The molecule has 136 valence electrons. The average Bonchev–Trinajstić information content (AvgIpc) is 2.67. The Morgan fingerprint density at radius 2 is 1.42 bits per heavy atom. The number of carbonyl (C=O) groups is 2. The molecule has 6 heteroatoms. The number of alkyl halides is 3. The standard InChI is InChI=1S/C20H18F3NO2/c21-20(22,23)17-8-6-16(7-9-17)19(26)24-12-10-15(11-13-24)18(25)14-4-2-1-3-5-14/h1-9,15H,10-13H2. The van der Waals surface area contributed by atoms with E-state index >= 15 is 0 Å². The summed E-state index contributed by atoms with van der Waals surface area (Å²) in [6.07, 6.45) is -3.31. The van der Waals surface area contributed by atoms with Crippen molar-refractivity contribution >= 4 is 11.7 Å². The van der Waals surface area contributed by atoms with E-state index in [0.29, 0.717) is 31.5 Å². The molecule has 1 heterocycles. The summed E-state index contributed by atoms with van der Waals surface area (Å²) >= 11 is 0. The minimum absolute atomic E-state index is 0.0761. The van der Waals surface area contributed by atoms with Crippen LogP contribution >= 0.6 is 0 Å². The van der Waals surface area contributed by atoms with Crippen LogP contribution in [0.1, 0.15) is 39.1 Å². The van der Waals surface area contributed by atoms with Gasteiger partial charge < -0.3 is 4.90 Å². The molecular formula is C20H18F3NO2. The summed E-state index contributed by atoms with van der Waals surface area (Å²) in [7, 11) is 0. The molecule has 3 nitrogen and oxygen atoms in total. The van der Waals surface area contributed by atoms with E-state index < -0.39 is 11.7 Å². The molecule has 2 aromatic rings. The fourth-order valence-electron chi connectivity index (χ4n) is 3.17. The lowest BCUT2D eigenvalue weighted by Gasteiger charge is -2.31. The number of hydrogen-bond donors (Lipinski definition) is 0. The zero-order chi connectivity index (χ0) is 18.7. The van der Waals surface area contributed by atoms with Gasteiger partial charge in [-0.25, -0.2) is 0 Å². The minimum Gasteiger partial charge on any atom is -0.339 e. The van der Waals surface area contributed by atoms with E-state index in [1.807, 2.05) is 18.2 Å². The molecule has 3 rings (SSSR count). The lowest BCUT2D eigenvalue weighted by molar-refractivity contribution is -0.137. The van der Waals surface area contributed by atoms with Gasteiger partial charge in [0.05, 0.1) is 5.56 Å². The van der Waals surface area contributed by atoms with Gasteiger partial charge in [0.25, 0.3) is 5.91 Å². The number of benzene rings is 2. The van der Waals surface area contributed by atoms with Crippen LogP contribution in [0.3, 0.4) is 0 Å². The fraction of sp³-hybridized carbons (Fsp3) is 0.300. The molecule has 0 unspecified atom stereocenters. The van der Waals surface area contributed by atoms with Crippen molar-refractivity contribution in [2.45, 2.75) is 19.0 Å². The maximum absolute atomic E-state index is 12.6. The van der Waals surface area contributed by atoms with Crippen molar-refractivity contribution in [3.8, 4) is 0 Å². The predicted molar refractivity (Wildman–Crippen MR) is 90.8 cm³/mol. The number of Topliss-reactive ketones (excluding diaryl/α,β-unsaturated/α-hetero) is 1. The molecule has 0 N–H and O–H groups in total. The SMILES string of the molecule is O=C(c1ccccc1)C1CCN(C(=O)c2ccc(C(F)(F)F)cc2)CC1. The molecule has 0 bridgehead atoms. The maximum Gasteiger partial charge on any atom is 0.416 e. The first-order valence-corrected chi connectivity index (χ1v) is 8.42. The highest BCUT2D eigenvalue weighted by Crippen LogP contribution is 2.29. The normalized spacial score (nSPS) is 15.7. The Morgan fingerprint density at radius 1 is 0.846 bits per heavy atom. The molecule has 0 aromatic heterocycles. The number of ketones is 1. The lowest BCUT2D eigenvalue weighted by Crippen LogP contribution is -2.40.